The summed E-state index contributed by atoms with van der Waals surface area (Å²) in [5.74, 6) is 0. The molecule has 0 atom stereocenters. The summed E-state index contributed by atoms with van der Waals surface area (Å²) in [5, 5.41) is 13.3. The van der Waals surface area contributed by atoms with E-state index in [1.807, 2.05) is 42.3 Å². The topological polar surface area (TPSA) is 61.9 Å². The van der Waals surface area contributed by atoms with Gasteiger partial charge in [0.15, 0.2) is 0 Å². The number of aromatic nitrogens is 2. The number of hydrogen-bond donors (Lipinski definition) is 0. The standard InChI is InChI=1S/C21H20N4O/c1-24(11-10-17-6-3-2-4-7-17)20-13-21(26)25(23-15-20)16-19-9-5-8-18(12-19)14-22/h2-9,12-13,15H,10-11,16H2,1H3. The van der Waals surface area contributed by atoms with Crippen molar-refractivity contribution in [3.8, 4) is 6.07 Å². The highest BCUT2D eigenvalue weighted by Gasteiger charge is 2.06. The molecule has 0 N–H and O–H groups in total. The normalized spacial score (nSPS) is 10.3. The second kappa shape index (κ2) is 8.13. The number of likely N-dealkylation sites (N-methyl/N-ethyl adjacent to an activating group) is 1. The first kappa shape index (κ1) is 17.4. The van der Waals surface area contributed by atoms with Gasteiger partial charge in [0.25, 0.3) is 5.56 Å². The van der Waals surface area contributed by atoms with Crippen molar-refractivity contribution in [3.05, 3.63) is 93.9 Å². The van der Waals surface area contributed by atoms with Crippen molar-refractivity contribution in [1.29, 1.82) is 5.26 Å². The van der Waals surface area contributed by atoms with Crippen LogP contribution in [0.3, 0.4) is 0 Å². The molecule has 0 aliphatic heterocycles. The van der Waals surface area contributed by atoms with Gasteiger partial charge in [-0.15, -0.1) is 0 Å². The van der Waals surface area contributed by atoms with Gasteiger partial charge in [0.1, 0.15) is 0 Å². The van der Waals surface area contributed by atoms with Crippen molar-refractivity contribution in [2.75, 3.05) is 18.5 Å². The molecule has 0 unspecified atom stereocenters. The monoisotopic (exact) mass is 344 g/mol. The lowest BCUT2D eigenvalue weighted by Gasteiger charge is -2.19. The highest BCUT2D eigenvalue weighted by atomic mass is 16.1. The fraction of sp³-hybridized carbons (Fsp3) is 0.190. The number of anilines is 1. The molecule has 130 valence electrons. The van der Waals surface area contributed by atoms with Gasteiger partial charge in [0.05, 0.1) is 30.1 Å². The molecule has 3 rings (SSSR count). The molecule has 1 aromatic heterocycles. The van der Waals surface area contributed by atoms with E-state index in [1.54, 1.807) is 24.4 Å². The SMILES string of the molecule is CN(CCc1ccccc1)c1cnn(Cc2cccc(C#N)c2)c(=O)c1. The Labute approximate surface area is 152 Å². The van der Waals surface area contributed by atoms with E-state index in [4.69, 9.17) is 5.26 Å². The molecule has 0 bridgehead atoms. The maximum absolute atomic E-state index is 12.4. The lowest BCUT2D eigenvalue weighted by atomic mass is 10.1. The predicted molar refractivity (Wildman–Crippen MR) is 102 cm³/mol. The zero-order valence-electron chi connectivity index (χ0n) is 14.7. The summed E-state index contributed by atoms with van der Waals surface area (Å²) in [6.45, 7) is 1.15. The molecule has 0 fully saturated rings. The molecule has 5 heteroatoms. The van der Waals surface area contributed by atoms with Gasteiger partial charge in [-0.05, 0) is 29.7 Å². The van der Waals surface area contributed by atoms with Crippen LogP contribution in [0.5, 0.6) is 0 Å². The Morgan fingerprint density at radius 3 is 2.58 bits per heavy atom. The van der Waals surface area contributed by atoms with E-state index in [0.29, 0.717) is 12.1 Å². The highest BCUT2D eigenvalue weighted by Crippen LogP contribution is 2.10. The minimum Gasteiger partial charge on any atom is -0.373 e. The molecular weight excluding hydrogens is 324 g/mol. The summed E-state index contributed by atoms with van der Waals surface area (Å²) < 4.78 is 1.41. The molecule has 0 aliphatic rings. The second-order valence-electron chi connectivity index (χ2n) is 6.18. The minimum absolute atomic E-state index is 0.156. The van der Waals surface area contributed by atoms with Gasteiger partial charge >= 0.3 is 0 Å². The average molecular weight is 344 g/mol. The smallest absolute Gasteiger partial charge is 0.269 e. The van der Waals surface area contributed by atoms with Gasteiger partial charge in [0, 0.05) is 19.7 Å². The summed E-state index contributed by atoms with van der Waals surface area (Å²) in [5.41, 5.74) is 3.36. The molecule has 3 aromatic rings. The summed E-state index contributed by atoms with van der Waals surface area (Å²) in [6, 6.07) is 21.2. The molecule has 0 spiro atoms. The van der Waals surface area contributed by atoms with Crippen LogP contribution in [0, 0.1) is 11.3 Å². The van der Waals surface area contributed by atoms with Crippen LogP contribution in [-0.2, 0) is 13.0 Å². The quantitative estimate of drug-likeness (QED) is 0.690. The Morgan fingerprint density at radius 2 is 1.85 bits per heavy atom. The number of rotatable bonds is 6. The van der Waals surface area contributed by atoms with Crippen LogP contribution in [0.4, 0.5) is 5.69 Å². The third-order valence-electron chi connectivity index (χ3n) is 4.26. The molecule has 0 saturated heterocycles. The van der Waals surface area contributed by atoms with Crippen LogP contribution in [-0.4, -0.2) is 23.4 Å². The third kappa shape index (κ3) is 4.37. The van der Waals surface area contributed by atoms with Crippen molar-refractivity contribution in [2.24, 2.45) is 0 Å². The van der Waals surface area contributed by atoms with Crippen molar-refractivity contribution in [1.82, 2.24) is 9.78 Å². The number of nitriles is 1. The van der Waals surface area contributed by atoms with Crippen LogP contribution in [0.15, 0.2) is 71.7 Å². The second-order valence-corrected chi connectivity index (χ2v) is 6.18. The summed E-state index contributed by atoms with van der Waals surface area (Å²) in [4.78, 5) is 14.4. The molecule has 0 amide bonds. The first-order chi connectivity index (χ1) is 12.7. The van der Waals surface area contributed by atoms with E-state index in [2.05, 4.69) is 23.3 Å². The third-order valence-corrected chi connectivity index (χ3v) is 4.26. The molecule has 0 saturated carbocycles. The zero-order valence-corrected chi connectivity index (χ0v) is 14.7. The van der Waals surface area contributed by atoms with Gasteiger partial charge in [-0.1, -0.05) is 42.5 Å². The molecule has 0 radical (unpaired) electrons. The Bertz CT molecular complexity index is 973. The molecule has 26 heavy (non-hydrogen) atoms. The average Bonchev–Trinajstić information content (AvgIpc) is 2.68. The fourth-order valence-corrected chi connectivity index (χ4v) is 2.73. The van der Waals surface area contributed by atoms with Crippen LogP contribution in [0.2, 0.25) is 0 Å². The van der Waals surface area contributed by atoms with Crippen molar-refractivity contribution in [2.45, 2.75) is 13.0 Å². The van der Waals surface area contributed by atoms with Crippen LogP contribution in [0.25, 0.3) is 0 Å². The van der Waals surface area contributed by atoms with E-state index in [0.717, 1.165) is 24.2 Å². The van der Waals surface area contributed by atoms with E-state index >= 15 is 0 Å². The van der Waals surface area contributed by atoms with Crippen molar-refractivity contribution < 1.29 is 0 Å². The number of benzene rings is 2. The van der Waals surface area contributed by atoms with Crippen molar-refractivity contribution in [3.63, 3.8) is 0 Å². The minimum atomic E-state index is -0.156. The highest BCUT2D eigenvalue weighted by molar-refractivity contribution is 5.42. The molecule has 0 aliphatic carbocycles. The molecule has 1 heterocycles. The first-order valence-electron chi connectivity index (χ1n) is 8.47. The molecular formula is C21H20N4O. The van der Waals surface area contributed by atoms with Gasteiger partial charge in [-0.25, -0.2) is 4.68 Å². The maximum Gasteiger partial charge on any atom is 0.269 e. The van der Waals surface area contributed by atoms with E-state index in [9.17, 15) is 4.79 Å². The van der Waals surface area contributed by atoms with Crippen molar-refractivity contribution >= 4 is 5.69 Å². The van der Waals surface area contributed by atoms with E-state index < -0.39 is 0 Å². The Hall–Kier alpha value is -3.39. The van der Waals surface area contributed by atoms with Gasteiger partial charge < -0.3 is 4.90 Å². The lowest BCUT2D eigenvalue weighted by molar-refractivity contribution is 0.637. The fourth-order valence-electron chi connectivity index (χ4n) is 2.73. The summed E-state index contributed by atoms with van der Waals surface area (Å²) in [7, 11) is 1.96. The lowest BCUT2D eigenvalue weighted by Crippen LogP contribution is -2.27. The van der Waals surface area contributed by atoms with E-state index in [-0.39, 0.29) is 5.56 Å². The Balaban J connectivity index is 1.68. The summed E-state index contributed by atoms with van der Waals surface area (Å²) >= 11 is 0. The molecule has 2 aromatic carbocycles. The maximum atomic E-state index is 12.4. The Morgan fingerprint density at radius 1 is 1.08 bits per heavy atom. The number of hydrogen-bond acceptors (Lipinski definition) is 4. The van der Waals surface area contributed by atoms with Crippen LogP contribution >= 0.6 is 0 Å². The first-order valence-corrected chi connectivity index (χ1v) is 8.47. The molecule has 5 nitrogen and oxygen atoms in total. The summed E-state index contributed by atoms with van der Waals surface area (Å²) in [6.07, 6.45) is 2.61. The van der Waals surface area contributed by atoms with Gasteiger partial charge in [0.2, 0.25) is 0 Å². The van der Waals surface area contributed by atoms with Crippen LogP contribution in [0.1, 0.15) is 16.7 Å². The Kier molecular flexibility index (Phi) is 5.45. The van der Waals surface area contributed by atoms with Gasteiger partial charge in [-0.3, -0.25) is 4.79 Å². The van der Waals surface area contributed by atoms with Crippen LogP contribution < -0.4 is 10.5 Å². The van der Waals surface area contributed by atoms with E-state index in [1.165, 1.54) is 10.2 Å². The zero-order chi connectivity index (χ0) is 18.4. The van der Waals surface area contributed by atoms with Gasteiger partial charge in [-0.2, -0.15) is 10.4 Å². The number of nitrogens with zero attached hydrogens (tertiary/aromatic N) is 4. The largest absolute Gasteiger partial charge is 0.373 e. The predicted octanol–water partition coefficient (Wildman–Crippen LogP) is 2.84.